The van der Waals surface area contributed by atoms with Gasteiger partial charge >= 0.3 is 0 Å². The number of para-hydroxylation sites is 1. The van der Waals surface area contributed by atoms with E-state index in [-0.39, 0.29) is 11.5 Å². The number of nitrogen functional groups attached to an aromatic ring is 1. The predicted molar refractivity (Wildman–Crippen MR) is 79.9 cm³/mol. The number of rotatable bonds is 3. The van der Waals surface area contributed by atoms with E-state index in [1.807, 2.05) is 36.4 Å². The number of fused-ring (bicyclic) bond motifs is 1. The molecule has 2 aromatic heterocycles. The number of nitro groups is 1. The van der Waals surface area contributed by atoms with Crippen molar-refractivity contribution in [3.63, 3.8) is 0 Å². The molecule has 0 aliphatic heterocycles. The zero-order valence-corrected chi connectivity index (χ0v) is 11.1. The highest BCUT2D eigenvalue weighted by Gasteiger charge is 2.10. The fourth-order valence-electron chi connectivity index (χ4n) is 2.18. The normalized spacial score (nSPS) is 10.7. The fraction of sp³-hybridized carbons (Fsp3) is 0.0667. The van der Waals surface area contributed by atoms with Gasteiger partial charge in [0.25, 0.3) is 5.69 Å². The van der Waals surface area contributed by atoms with Crippen LogP contribution in [0.15, 0.2) is 48.5 Å². The zero-order chi connectivity index (χ0) is 14.8. The second-order valence-electron chi connectivity index (χ2n) is 4.67. The lowest BCUT2D eigenvalue weighted by Gasteiger charge is -2.04. The van der Waals surface area contributed by atoms with Crippen LogP contribution < -0.4 is 5.73 Å². The van der Waals surface area contributed by atoms with Crippen LogP contribution in [-0.2, 0) is 6.42 Å². The molecule has 0 fully saturated rings. The summed E-state index contributed by atoms with van der Waals surface area (Å²) >= 11 is 0. The molecule has 1 aromatic carbocycles. The molecule has 0 bridgehead atoms. The summed E-state index contributed by atoms with van der Waals surface area (Å²) in [5.41, 5.74) is 7.76. The first-order valence-electron chi connectivity index (χ1n) is 6.37. The highest BCUT2D eigenvalue weighted by molar-refractivity contribution is 5.78. The van der Waals surface area contributed by atoms with Gasteiger partial charge in [0.1, 0.15) is 5.82 Å². The molecule has 21 heavy (non-hydrogen) atoms. The van der Waals surface area contributed by atoms with Crippen LogP contribution in [0.25, 0.3) is 10.9 Å². The number of nitrogens with zero attached hydrogens (tertiary/aromatic N) is 3. The summed E-state index contributed by atoms with van der Waals surface area (Å²) in [6.07, 6.45) is 0.400. The molecule has 0 saturated carbocycles. The molecule has 2 heterocycles. The standard InChI is InChI=1S/C15H12N4O2/c16-15-9-13(19(20)21)8-12(18-15)7-11-6-5-10-3-1-2-4-14(10)17-11/h1-6,8-9H,7H2,(H2,16,18). The van der Waals surface area contributed by atoms with Crippen molar-refractivity contribution in [2.45, 2.75) is 6.42 Å². The summed E-state index contributed by atoms with van der Waals surface area (Å²) in [7, 11) is 0. The Morgan fingerprint density at radius 1 is 1.05 bits per heavy atom. The Balaban J connectivity index is 1.96. The van der Waals surface area contributed by atoms with E-state index in [0.717, 1.165) is 16.6 Å². The Kier molecular flexibility index (Phi) is 3.19. The lowest BCUT2D eigenvalue weighted by molar-refractivity contribution is -0.384. The first-order chi connectivity index (χ1) is 10.1. The number of benzene rings is 1. The molecular formula is C15H12N4O2. The third-order valence-electron chi connectivity index (χ3n) is 3.11. The summed E-state index contributed by atoms with van der Waals surface area (Å²) in [5, 5.41) is 11.9. The Hall–Kier alpha value is -3.02. The molecule has 6 nitrogen and oxygen atoms in total. The van der Waals surface area contributed by atoms with Gasteiger partial charge in [-0.15, -0.1) is 0 Å². The molecular weight excluding hydrogens is 268 g/mol. The number of anilines is 1. The quantitative estimate of drug-likeness (QED) is 0.588. The van der Waals surface area contributed by atoms with E-state index >= 15 is 0 Å². The van der Waals surface area contributed by atoms with Gasteiger partial charge in [-0.25, -0.2) is 4.98 Å². The molecule has 3 rings (SSSR count). The molecule has 6 heteroatoms. The lowest BCUT2D eigenvalue weighted by Crippen LogP contribution is -2.01. The van der Waals surface area contributed by atoms with Crippen molar-refractivity contribution in [2.24, 2.45) is 0 Å². The molecule has 0 spiro atoms. The van der Waals surface area contributed by atoms with Gasteiger partial charge in [-0.1, -0.05) is 24.3 Å². The second kappa shape index (κ2) is 5.16. The minimum Gasteiger partial charge on any atom is -0.383 e. The summed E-state index contributed by atoms with van der Waals surface area (Å²) in [5.74, 6) is 0.139. The Morgan fingerprint density at radius 2 is 1.86 bits per heavy atom. The van der Waals surface area contributed by atoms with Crippen LogP contribution in [0.3, 0.4) is 0 Å². The second-order valence-corrected chi connectivity index (χ2v) is 4.67. The minimum absolute atomic E-state index is 0.0571. The Morgan fingerprint density at radius 3 is 2.67 bits per heavy atom. The van der Waals surface area contributed by atoms with Crippen molar-refractivity contribution >= 4 is 22.4 Å². The largest absolute Gasteiger partial charge is 0.383 e. The average Bonchev–Trinajstić information content (AvgIpc) is 2.46. The molecule has 0 aliphatic carbocycles. The van der Waals surface area contributed by atoms with E-state index in [4.69, 9.17) is 5.73 Å². The molecule has 0 atom stereocenters. The van der Waals surface area contributed by atoms with Crippen molar-refractivity contribution < 1.29 is 4.92 Å². The van der Waals surface area contributed by atoms with Gasteiger partial charge < -0.3 is 5.73 Å². The summed E-state index contributed by atoms with van der Waals surface area (Å²) < 4.78 is 0. The minimum atomic E-state index is -0.477. The van der Waals surface area contributed by atoms with E-state index in [0.29, 0.717) is 12.1 Å². The van der Waals surface area contributed by atoms with Crippen LogP contribution in [0.2, 0.25) is 0 Å². The summed E-state index contributed by atoms with van der Waals surface area (Å²) in [4.78, 5) is 19.0. The number of aromatic nitrogens is 2. The first-order valence-corrected chi connectivity index (χ1v) is 6.37. The highest BCUT2D eigenvalue weighted by atomic mass is 16.6. The molecule has 0 amide bonds. The van der Waals surface area contributed by atoms with Crippen molar-refractivity contribution in [1.82, 2.24) is 9.97 Å². The molecule has 0 unspecified atom stereocenters. The van der Waals surface area contributed by atoms with Gasteiger partial charge in [0.15, 0.2) is 0 Å². The maximum absolute atomic E-state index is 10.8. The lowest BCUT2D eigenvalue weighted by atomic mass is 10.1. The molecule has 3 aromatic rings. The van der Waals surface area contributed by atoms with Crippen LogP contribution in [0.1, 0.15) is 11.4 Å². The third-order valence-corrected chi connectivity index (χ3v) is 3.11. The number of nitrogens with two attached hydrogens (primary N) is 1. The van der Waals surface area contributed by atoms with E-state index in [1.165, 1.54) is 12.1 Å². The predicted octanol–water partition coefficient (Wildman–Crippen LogP) is 2.71. The van der Waals surface area contributed by atoms with E-state index < -0.39 is 4.92 Å². The van der Waals surface area contributed by atoms with Gasteiger partial charge in [0.2, 0.25) is 0 Å². The van der Waals surface area contributed by atoms with Gasteiger partial charge in [-0.2, -0.15) is 0 Å². The Labute approximate surface area is 120 Å². The van der Waals surface area contributed by atoms with Crippen LogP contribution >= 0.6 is 0 Å². The fourth-order valence-corrected chi connectivity index (χ4v) is 2.18. The molecule has 2 N–H and O–H groups in total. The van der Waals surface area contributed by atoms with E-state index in [9.17, 15) is 10.1 Å². The van der Waals surface area contributed by atoms with Gasteiger partial charge in [-0.05, 0) is 12.1 Å². The number of hydrogen-bond donors (Lipinski definition) is 1. The third kappa shape index (κ3) is 2.79. The van der Waals surface area contributed by atoms with Crippen molar-refractivity contribution in [3.8, 4) is 0 Å². The van der Waals surface area contributed by atoms with Crippen molar-refractivity contribution in [2.75, 3.05) is 5.73 Å². The monoisotopic (exact) mass is 280 g/mol. The van der Waals surface area contributed by atoms with Gasteiger partial charge in [0.05, 0.1) is 22.2 Å². The molecule has 0 aliphatic rings. The molecule has 0 saturated heterocycles. The van der Waals surface area contributed by atoms with E-state index in [1.54, 1.807) is 0 Å². The smallest absolute Gasteiger partial charge is 0.274 e. The highest BCUT2D eigenvalue weighted by Crippen LogP contribution is 2.18. The molecule has 0 radical (unpaired) electrons. The maximum Gasteiger partial charge on any atom is 0.274 e. The van der Waals surface area contributed by atoms with Crippen molar-refractivity contribution in [1.29, 1.82) is 0 Å². The zero-order valence-electron chi connectivity index (χ0n) is 11.1. The van der Waals surface area contributed by atoms with Crippen LogP contribution in [0.4, 0.5) is 11.5 Å². The number of pyridine rings is 2. The Bertz CT molecular complexity index is 833. The number of hydrogen-bond acceptors (Lipinski definition) is 5. The van der Waals surface area contributed by atoms with E-state index in [2.05, 4.69) is 9.97 Å². The van der Waals surface area contributed by atoms with Gasteiger partial charge in [0, 0.05) is 23.6 Å². The summed E-state index contributed by atoms with van der Waals surface area (Å²) in [6, 6.07) is 14.3. The first kappa shape index (κ1) is 13.0. The van der Waals surface area contributed by atoms with Crippen LogP contribution in [0.5, 0.6) is 0 Å². The van der Waals surface area contributed by atoms with Crippen LogP contribution in [-0.4, -0.2) is 14.9 Å². The van der Waals surface area contributed by atoms with Gasteiger partial charge in [-0.3, -0.25) is 15.1 Å². The summed E-state index contributed by atoms with van der Waals surface area (Å²) in [6.45, 7) is 0. The SMILES string of the molecule is Nc1cc([N+](=O)[O-])cc(Cc2ccc3ccccc3n2)n1. The maximum atomic E-state index is 10.8. The van der Waals surface area contributed by atoms with Crippen LogP contribution in [0, 0.1) is 10.1 Å². The average molecular weight is 280 g/mol. The molecule has 104 valence electrons. The van der Waals surface area contributed by atoms with Crippen molar-refractivity contribution in [3.05, 3.63) is 70.0 Å². The topological polar surface area (TPSA) is 94.9 Å².